The highest BCUT2D eigenvalue weighted by atomic mass is 32.2. The summed E-state index contributed by atoms with van der Waals surface area (Å²) in [6, 6.07) is 0.306. The van der Waals surface area contributed by atoms with Gasteiger partial charge in [0.05, 0.1) is 6.42 Å². The van der Waals surface area contributed by atoms with Crippen LogP contribution in [0.1, 0.15) is 25.7 Å². The molecule has 2 aliphatic heterocycles. The monoisotopic (exact) mass is 229 g/mol. The highest BCUT2D eigenvalue weighted by Gasteiger charge is 2.32. The molecule has 1 N–H and O–H groups in total. The van der Waals surface area contributed by atoms with Crippen LogP contribution in [0.5, 0.6) is 0 Å². The lowest BCUT2D eigenvalue weighted by atomic mass is 9.95. The zero-order valence-corrected chi connectivity index (χ0v) is 9.84. The average molecular weight is 229 g/mol. The largest absolute Gasteiger partial charge is 0.481 e. The van der Waals surface area contributed by atoms with Crippen LogP contribution in [-0.2, 0) is 4.79 Å². The van der Waals surface area contributed by atoms with Gasteiger partial charge in [-0.05, 0) is 49.8 Å². The first-order valence-corrected chi connectivity index (χ1v) is 6.96. The third-order valence-corrected chi connectivity index (χ3v) is 4.69. The van der Waals surface area contributed by atoms with Crippen LogP contribution in [0.25, 0.3) is 0 Å². The Balaban J connectivity index is 1.97. The van der Waals surface area contributed by atoms with E-state index in [-0.39, 0.29) is 0 Å². The number of carbonyl (C=O) groups is 1. The molecular weight excluding hydrogens is 210 g/mol. The van der Waals surface area contributed by atoms with Crippen molar-refractivity contribution in [3.63, 3.8) is 0 Å². The number of rotatable bonds is 4. The van der Waals surface area contributed by atoms with Crippen molar-refractivity contribution in [3.8, 4) is 0 Å². The molecule has 0 bridgehead atoms. The van der Waals surface area contributed by atoms with Gasteiger partial charge in [-0.2, -0.15) is 11.8 Å². The molecule has 4 heteroatoms. The zero-order chi connectivity index (χ0) is 10.7. The number of aliphatic carboxylic acids is 1. The van der Waals surface area contributed by atoms with Crippen molar-refractivity contribution in [2.75, 3.05) is 24.6 Å². The topological polar surface area (TPSA) is 40.5 Å². The summed E-state index contributed by atoms with van der Waals surface area (Å²) in [7, 11) is 0. The summed E-state index contributed by atoms with van der Waals surface area (Å²) in [4.78, 5) is 13.3. The number of hydrogen-bond acceptors (Lipinski definition) is 3. The van der Waals surface area contributed by atoms with Crippen LogP contribution in [0.4, 0.5) is 0 Å². The lowest BCUT2D eigenvalue weighted by Crippen LogP contribution is -2.40. The van der Waals surface area contributed by atoms with Crippen LogP contribution >= 0.6 is 11.8 Å². The van der Waals surface area contributed by atoms with Crippen molar-refractivity contribution in [3.05, 3.63) is 0 Å². The fourth-order valence-electron chi connectivity index (χ4n) is 2.70. The van der Waals surface area contributed by atoms with E-state index in [9.17, 15) is 4.79 Å². The van der Waals surface area contributed by atoms with E-state index in [1.165, 1.54) is 25.0 Å². The first-order chi connectivity index (χ1) is 7.27. The summed E-state index contributed by atoms with van der Waals surface area (Å²) in [5.41, 5.74) is 0. The fraction of sp³-hybridized carbons (Fsp3) is 0.909. The Morgan fingerprint density at radius 3 is 2.73 bits per heavy atom. The van der Waals surface area contributed by atoms with Crippen LogP contribution in [0, 0.1) is 5.92 Å². The van der Waals surface area contributed by atoms with E-state index >= 15 is 0 Å². The van der Waals surface area contributed by atoms with Crippen LogP contribution in [0.2, 0.25) is 0 Å². The number of carboxylic acids is 1. The Morgan fingerprint density at radius 1 is 1.47 bits per heavy atom. The molecule has 0 aromatic carbocycles. The van der Waals surface area contributed by atoms with E-state index in [1.807, 2.05) is 11.8 Å². The summed E-state index contributed by atoms with van der Waals surface area (Å²) in [5.74, 6) is 2.36. The first-order valence-electron chi connectivity index (χ1n) is 5.81. The molecule has 2 atom stereocenters. The van der Waals surface area contributed by atoms with E-state index in [2.05, 4.69) is 4.90 Å². The molecule has 2 unspecified atom stereocenters. The van der Waals surface area contributed by atoms with Crippen LogP contribution < -0.4 is 0 Å². The lowest BCUT2D eigenvalue weighted by molar-refractivity contribution is -0.138. The molecule has 2 fully saturated rings. The van der Waals surface area contributed by atoms with Crippen molar-refractivity contribution in [1.29, 1.82) is 0 Å². The molecule has 2 aliphatic rings. The molecule has 0 amide bonds. The number of carboxylic acid groups (broad SMARTS) is 1. The molecule has 2 saturated heterocycles. The van der Waals surface area contributed by atoms with Gasteiger partial charge in [0, 0.05) is 6.04 Å². The Bertz CT molecular complexity index is 207. The first kappa shape index (κ1) is 11.3. The second-order valence-corrected chi connectivity index (χ2v) is 5.68. The Labute approximate surface area is 95.2 Å². The summed E-state index contributed by atoms with van der Waals surface area (Å²) in [6.07, 6.45) is 4.04. The Kier molecular flexibility index (Phi) is 3.92. The highest BCUT2D eigenvalue weighted by molar-refractivity contribution is 7.99. The van der Waals surface area contributed by atoms with Crippen molar-refractivity contribution in [2.45, 2.75) is 31.7 Å². The molecular formula is C11H19NO2S. The maximum atomic E-state index is 10.9. The summed E-state index contributed by atoms with van der Waals surface area (Å²) >= 11 is 1.98. The summed E-state index contributed by atoms with van der Waals surface area (Å²) in [6.45, 7) is 2.22. The molecule has 0 saturated carbocycles. The third kappa shape index (κ3) is 2.88. The molecule has 0 spiro atoms. The maximum Gasteiger partial charge on any atom is 0.304 e. The van der Waals surface area contributed by atoms with E-state index < -0.39 is 5.97 Å². The normalized spacial score (nSPS) is 29.5. The van der Waals surface area contributed by atoms with E-state index in [4.69, 9.17) is 5.11 Å². The zero-order valence-electron chi connectivity index (χ0n) is 9.02. The van der Waals surface area contributed by atoms with Gasteiger partial charge in [-0.15, -0.1) is 0 Å². The molecule has 15 heavy (non-hydrogen) atoms. The SMILES string of the molecule is O=C(O)CC(C1CCSC1)N1CCCC1. The van der Waals surface area contributed by atoms with Gasteiger partial charge in [-0.1, -0.05) is 0 Å². The minimum atomic E-state index is -0.635. The van der Waals surface area contributed by atoms with Gasteiger partial charge in [0.25, 0.3) is 0 Å². The summed E-state index contributed by atoms with van der Waals surface area (Å²) < 4.78 is 0. The molecule has 0 aliphatic carbocycles. The molecule has 0 radical (unpaired) electrons. The van der Waals surface area contributed by atoms with Crippen molar-refractivity contribution in [1.82, 2.24) is 4.90 Å². The van der Waals surface area contributed by atoms with Crippen LogP contribution in [0.15, 0.2) is 0 Å². The van der Waals surface area contributed by atoms with E-state index in [0.29, 0.717) is 18.4 Å². The van der Waals surface area contributed by atoms with Gasteiger partial charge in [0.15, 0.2) is 0 Å². The minimum absolute atomic E-state index is 0.306. The summed E-state index contributed by atoms with van der Waals surface area (Å²) in [5, 5.41) is 8.97. The van der Waals surface area contributed by atoms with E-state index in [0.717, 1.165) is 18.8 Å². The van der Waals surface area contributed by atoms with Gasteiger partial charge >= 0.3 is 5.97 Å². The lowest BCUT2D eigenvalue weighted by Gasteiger charge is -2.30. The highest BCUT2D eigenvalue weighted by Crippen LogP contribution is 2.31. The van der Waals surface area contributed by atoms with Gasteiger partial charge in [-0.25, -0.2) is 0 Å². The Hall–Kier alpha value is -0.220. The molecule has 0 aromatic rings. The smallest absolute Gasteiger partial charge is 0.304 e. The maximum absolute atomic E-state index is 10.9. The number of nitrogens with zero attached hydrogens (tertiary/aromatic N) is 1. The molecule has 86 valence electrons. The quantitative estimate of drug-likeness (QED) is 0.796. The second-order valence-electron chi connectivity index (χ2n) is 4.53. The standard InChI is InChI=1S/C11H19NO2S/c13-11(14)7-10(9-3-6-15-8-9)12-4-1-2-5-12/h9-10H,1-8H2,(H,13,14). The van der Waals surface area contributed by atoms with Crippen LogP contribution in [0.3, 0.4) is 0 Å². The van der Waals surface area contributed by atoms with E-state index in [1.54, 1.807) is 0 Å². The molecule has 3 nitrogen and oxygen atoms in total. The molecule has 2 heterocycles. The minimum Gasteiger partial charge on any atom is -0.481 e. The second kappa shape index (κ2) is 5.21. The third-order valence-electron chi connectivity index (χ3n) is 3.50. The van der Waals surface area contributed by atoms with Crippen molar-refractivity contribution < 1.29 is 9.90 Å². The molecule has 2 rings (SSSR count). The van der Waals surface area contributed by atoms with Gasteiger partial charge in [-0.3, -0.25) is 9.69 Å². The van der Waals surface area contributed by atoms with Gasteiger partial charge in [0.1, 0.15) is 0 Å². The predicted octanol–water partition coefficient (Wildman–Crippen LogP) is 1.68. The van der Waals surface area contributed by atoms with Crippen molar-refractivity contribution >= 4 is 17.7 Å². The Morgan fingerprint density at radius 2 is 2.20 bits per heavy atom. The number of hydrogen-bond donors (Lipinski definition) is 1. The van der Waals surface area contributed by atoms with Gasteiger partial charge < -0.3 is 5.11 Å². The predicted molar refractivity (Wildman–Crippen MR) is 62.3 cm³/mol. The van der Waals surface area contributed by atoms with Crippen molar-refractivity contribution in [2.24, 2.45) is 5.92 Å². The molecule has 0 aromatic heterocycles. The fourth-order valence-corrected chi connectivity index (χ4v) is 4.03. The number of thioether (sulfide) groups is 1. The van der Waals surface area contributed by atoms with Crippen LogP contribution in [-0.4, -0.2) is 46.6 Å². The van der Waals surface area contributed by atoms with Gasteiger partial charge in [0.2, 0.25) is 0 Å². The average Bonchev–Trinajstić information content (AvgIpc) is 2.87. The number of likely N-dealkylation sites (tertiary alicyclic amines) is 1.